The number of halogens is 3. The molecule has 290 valence electrons. The molecule has 4 aromatic rings. The molecule has 16 heteroatoms. The third-order valence-corrected chi connectivity index (χ3v) is 11.2. The molecule has 3 aliphatic heterocycles. The summed E-state index contributed by atoms with van der Waals surface area (Å²) in [6, 6.07) is 9.62. The van der Waals surface area contributed by atoms with Gasteiger partial charge in [-0.15, -0.1) is 0 Å². The van der Waals surface area contributed by atoms with Gasteiger partial charge in [-0.05, 0) is 62.9 Å². The highest BCUT2D eigenvalue weighted by Gasteiger charge is 2.39. The Balaban J connectivity index is 0.824. The van der Waals surface area contributed by atoms with Crippen LogP contribution in [-0.4, -0.2) is 87.7 Å². The average molecular weight is 794 g/mol. The predicted octanol–water partition coefficient (Wildman–Crippen LogP) is 6.03. The predicted molar refractivity (Wildman–Crippen MR) is 206 cm³/mol. The van der Waals surface area contributed by atoms with Crippen LogP contribution < -0.4 is 21.1 Å². The summed E-state index contributed by atoms with van der Waals surface area (Å²) in [6.07, 6.45) is 8.23. The molecule has 3 aliphatic rings. The topological polar surface area (TPSA) is 157 Å². The second kappa shape index (κ2) is 16.9. The molecule has 2 unspecified atom stereocenters. The lowest BCUT2D eigenvalue weighted by atomic mass is 10.0. The number of carbonyl (C=O) groups excluding carboxylic acids is 3. The first-order valence-electron chi connectivity index (χ1n) is 18.5. The van der Waals surface area contributed by atoms with Gasteiger partial charge in [-0.2, -0.15) is 5.10 Å². The second-order valence-electron chi connectivity index (χ2n) is 14.0. The number of aromatic nitrogens is 3. The lowest BCUT2D eigenvalue weighted by Crippen LogP contribution is -2.52. The van der Waals surface area contributed by atoms with Gasteiger partial charge in [-0.3, -0.25) is 24.4 Å². The van der Waals surface area contributed by atoms with E-state index in [2.05, 4.69) is 25.6 Å². The zero-order valence-corrected chi connectivity index (χ0v) is 31.9. The summed E-state index contributed by atoms with van der Waals surface area (Å²) in [5, 5.41) is 10.6. The van der Waals surface area contributed by atoms with Gasteiger partial charge in [0.25, 0.3) is 5.91 Å². The van der Waals surface area contributed by atoms with Crippen molar-refractivity contribution >= 4 is 52.4 Å². The summed E-state index contributed by atoms with van der Waals surface area (Å²) in [5.41, 5.74) is 10.4. The van der Waals surface area contributed by atoms with Crippen molar-refractivity contribution in [1.29, 1.82) is 0 Å². The van der Waals surface area contributed by atoms with E-state index in [0.29, 0.717) is 54.6 Å². The van der Waals surface area contributed by atoms with Crippen LogP contribution in [0.2, 0.25) is 10.0 Å². The maximum Gasteiger partial charge on any atom is 0.255 e. The number of fused-ring (bicyclic) bond motifs is 1. The number of imide groups is 1. The Morgan fingerprint density at radius 1 is 1.07 bits per heavy atom. The van der Waals surface area contributed by atoms with Crippen molar-refractivity contribution in [3.8, 4) is 16.9 Å². The Bertz CT molecular complexity index is 2070. The van der Waals surface area contributed by atoms with E-state index in [-0.39, 0.29) is 35.1 Å². The van der Waals surface area contributed by atoms with E-state index in [1.165, 1.54) is 12.1 Å². The molecule has 13 nitrogen and oxygen atoms in total. The number of ether oxygens (including phenoxy) is 2. The minimum Gasteiger partial charge on any atom is -0.482 e. The van der Waals surface area contributed by atoms with E-state index in [1.807, 2.05) is 23.0 Å². The van der Waals surface area contributed by atoms with Crippen LogP contribution in [-0.2, 0) is 20.9 Å². The van der Waals surface area contributed by atoms with Crippen molar-refractivity contribution < 1.29 is 28.2 Å². The van der Waals surface area contributed by atoms with Crippen LogP contribution in [0.5, 0.6) is 5.75 Å². The lowest BCUT2D eigenvalue weighted by Gasteiger charge is -2.32. The van der Waals surface area contributed by atoms with Crippen LogP contribution in [0.4, 0.5) is 15.9 Å². The third kappa shape index (κ3) is 8.57. The molecule has 4 N–H and O–H groups in total. The molecule has 7 rings (SSSR count). The number of hydrogen-bond acceptors (Lipinski definition) is 10. The van der Waals surface area contributed by atoms with Gasteiger partial charge in [0.05, 0.1) is 23.9 Å². The van der Waals surface area contributed by atoms with Gasteiger partial charge in [-0.1, -0.05) is 29.3 Å². The Hall–Kier alpha value is -4.76. The molecule has 0 radical (unpaired) electrons. The van der Waals surface area contributed by atoms with Crippen molar-refractivity contribution in [3.63, 3.8) is 0 Å². The molecule has 2 aromatic carbocycles. The normalized spacial score (nSPS) is 18.4. The van der Waals surface area contributed by atoms with E-state index in [1.54, 1.807) is 36.4 Å². The first-order valence-corrected chi connectivity index (χ1v) is 19.2. The van der Waals surface area contributed by atoms with Crippen LogP contribution in [0, 0.1) is 5.82 Å². The van der Waals surface area contributed by atoms with E-state index >= 15 is 0 Å². The van der Waals surface area contributed by atoms with Gasteiger partial charge >= 0.3 is 0 Å². The van der Waals surface area contributed by atoms with Crippen LogP contribution in [0.15, 0.2) is 55.0 Å². The van der Waals surface area contributed by atoms with Crippen molar-refractivity contribution in [3.05, 3.63) is 87.5 Å². The maximum absolute atomic E-state index is 14.1. The van der Waals surface area contributed by atoms with E-state index in [9.17, 15) is 18.8 Å². The molecular formula is C39H43Cl2FN8O5. The number of anilines is 2. The van der Waals surface area contributed by atoms with Gasteiger partial charge in [0.2, 0.25) is 11.8 Å². The molecule has 0 spiro atoms. The number of amides is 3. The molecule has 2 fully saturated rings. The monoisotopic (exact) mass is 792 g/mol. The number of hydrogen-bond donors (Lipinski definition) is 3. The molecule has 0 aliphatic carbocycles. The van der Waals surface area contributed by atoms with Crippen LogP contribution >= 0.6 is 23.2 Å². The summed E-state index contributed by atoms with van der Waals surface area (Å²) < 4.78 is 28.1. The summed E-state index contributed by atoms with van der Waals surface area (Å²) >= 11 is 12.5. The number of carbonyl (C=O) groups is 3. The summed E-state index contributed by atoms with van der Waals surface area (Å²) in [4.78, 5) is 45.4. The molecule has 0 saturated carbocycles. The molecule has 55 heavy (non-hydrogen) atoms. The highest BCUT2D eigenvalue weighted by molar-refractivity contribution is 6.36. The summed E-state index contributed by atoms with van der Waals surface area (Å²) in [6.45, 7) is 6.65. The Kier molecular flexibility index (Phi) is 11.9. The van der Waals surface area contributed by atoms with Crippen LogP contribution in [0.25, 0.3) is 11.1 Å². The number of rotatable bonds is 14. The minimum absolute atomic E-state index is 0.0935. The van der Waals surface area contributed by atoms with Gasteiger partial charge in [-0.25, -0.2) is 9.37 Å². The molecule has 0 bridgehead atoms. The third-order valence-electron chi connectivity index (χ3n) is 10.4. The molecular weight excluding hydrogens is 750 g/mol. The highest BCUT2D eigenvalue weighted by Crippen LogP contribution is 2.37. The zero-order valence-electron chi connectivity index (χ0n) is 30.4. The first kappa shape index (κ1) is 38.5. The summed E-state index contributed by atoms with van der Waals surface area (Å²) in [5.74, 6) is -0.962. The van der Waals surface area contributed by atoms with Crippen molar-refractivity contribution in [2.24, 2.45) is 0 Å². The standard InChI is InChI=1S/C39H43Cl2FN8O5/c1-23(35-29(40)6-7-30(42)36(35)41)55-33-18-24(19-45-37(33)43)25-20-46-50(21-25)26-10-14-48(15-11-26)13-3-16-54-17-12-44-31-5-2-4-27-28(31)22-49(39(27)53)32-8-9-34(51)47-38(32)52/h2,4-7,18-21,23,26,32,44H,3,8-17,22H2,1H3,(H2,43,45)(H,47,51,52). The fraction of sp³-hybridized carbons (Fsp3) is 0.410. The number of nitrogen functional groups attached to an aromatic ring is 1. The largest absolute Gasteiger partial charge is 0.482 e. The number of benzene rings is 2. The fourth-order valence-electron chi connectivity index (χ4n) is 7.47. The zero-order chi connectivity index (χ0) is 38.6. The molecule has 2 atom stereocenters. The Labute approximate surface area is 328 Å². The second-order valence-corrected chi connectivity index (χ2v) is 14.8. The number of nitrogens with one attached hydrogen (secondary N) is 2. The van der Waals surface area contributed by atoms with E-state index < -0.39 is 23.9 Å². The maximum atomic E-state index is 14.1. The fourth-order valence-corrected chi connectivity index (χ4v) is 8.15. The SMILES string of the molecule is CC(Oc1cc(-c2cnn(C3CCN(CCCOCCNc4cccc5c4CN(C4CCC(=O)NC4=O)C5=O)CC3)c2)cnc1N)c1c(Cl)ccc(F)c1Cl. The van der Waals surface area contributed by atoms with Gasteiger partial charge in [0.15, 0.2) is 11.6 Å². The van der Waals surface area contributed by atoms with Gasteiger partial charge < -0.3 is 30.3 Å². The van der Waals surface area contributed by atoms with Crippen LogP contribution in [0.1, 0.15) is 72.7 Å². The Morgan fingerprint density at radius 2 is 1.89 bits per heavy atom. The number of piperidine rings is 2. The first-order chi connectivity index (χ1) is 26.6. The van der Waals surface area contributed by atoms with Crippen molar-refractivity contribution in [2.45, 2.75) is 63.8 Å². The van der Waals surface area contributed by atoms with E-state index in [4.69, 9.17) is 38.4 Å². The van der Waals surface area contributed by atoms with Crippen molar-refractivity contribution in [2.75, 3.05) is 50.4 Å². The average Bonchev–Trinajstić information content (AvgIpc) is 3.80. The van der Waals surface area contributed by atoms with E-state index in [0.717, 1.165) is 61.3 Å². The number of nitrogens with zero attached hydrogens (tertiary/aromatic N) is 5. The number of likely N-dealkylation sites (tertiary alicyclic amines) is 1. The minimum atomic E-state index is -0.677. The molecule has 5 heterocycles. The quantitative estimate of drug-likeness (QED) is 0.0783. The highest BCUT2D eigenvalue weighted by atomic mass is 35.5. The number of pyridine rings is 1. The molecule has 2 saturated heterocycles. The smallest absolute Gasteiger partial charge is 0.255 e. The van der Waals surface area contributed by atoms with Gasteiger partial charge in [0.1, 0.15) is 18.0 Å². The van der Waals surface area contributed by atoms with Gasteiger partial charge in [0, 0.05) is 96.7 Å². The molecule has 3 amide bonds. The molecule has 2 aromatic heterocycles. The lowest BCUT2D eigenvalue weighted by molar-refractivity contribution is -0.136. The van der Waals surface area contributed by atoms with Crippen LogP contribution in [0.3, 0.4) is 0 Å². The Morgan fingerprint density at radius 3 is 2.69 bits per heavy atom. The summed E-state index contributed by atoms with van der Waals surface area (Å²) in [7, 11) is 0. The van der Waals surface area contributed by atoms with Crippen molar-refractivity contribution in [1.82, 2.24) is 29.9 Å². The number of nitrogens with two attached hydrogens (primary N) is 1.